The van der Waals surface area contributed by atoms with E-state index in [0.29, 0.717) is 18.2 Å². The highest BCUT2D eigenvalue weighted by Gasteiger charge is 2.22. The van der Waals surface area contributed by atoms with Crippen molar-refractivity contribution in [3.05, 3.63) is 0 Å². The molecule has 1 saturated heterocycles. The third kappa shape index (κ3) is 3.74. The Labute approximate surface area is 92.3 Å². The SMILES string of the molecule is NC1CCC(OCCCC2CCCO2)C1. The Bertz CT molecular complexity index is 180. The maximum absolute atomic E-state index is 5.83. The van der Waals surface area contributed by atoms with Crippen molar-refractivity contribution in [2.45, 2.75) is 63.2 Å². The van der Waals surface area contributed by atoms with E-state index in [9.17, 15) is 0 Å². The molecule has 2 fully saturated rings. The number of hydrogen-bond acceptors (Lipinski definition) is 3. The second-order valence-corrected chi connectivity index (χ2v) is 4.84. The first-order valence-electron chi connectivity index (χ1n) is 6.33. The first-order chi connectivity index (χ1) is 7.34. The Balaban J connectivity index is 1.48. The zero-order valence-electron chi connectivity index (χ0n) is 9.49. The topological polar surface area (TPSA) is 44.5 Å². The van der Waals surface area contributed by atoms with E-state index in [-0.39, 0.29) is 0 Å². The van der Waals surface area contributed by atoms with Gasteiger partial charge in [-0.05, 0) is 44.9 Å². The maximum Gasteiger partial charge on any atom is 0.0590 e. The molecule has 0 spiro atoms. The number of nitrogens with two attached hydrogens (primary N) is 1. The Morgan fingerprint density at radius 2 is 2.20 bits per heavy atom. The number of ether oxygens (including phenoxy) is 2. The fourth-order valence-electron chi connectivity index (χ4n) is 2.56. The monoisotopic (exact) mass is 213 g/mol. The zero-order valence-corrected chi connectivity index (χ0v) is 9.49. The van der Waals surface area contributed by atoms with E-state index in [2.05, 4.69) is 0 Å². The molecule has 0 aromatic heterocycles. The van der Waals surface area contributed by atoms with Crippen LogP contribution in [0.3, 0.4) is 0 Å². The van der Waals surface area contributed by atoms with Crippen molar-refractivity contribution in [1.82, 2.24) is 0 Å². The average molecular weight is 213 g/mol. The molecule has 0 amide bonds. The van der Waals surface area contributed by atoms with Crippen molar-refractivity contribution in [3.8, 4) is 0 Å². The van der Waals surface area contributed by atoms with Gasteiger partial charge in [-0.25, -0.2) is 0 Å². The smallest absolute Gasteiger partial charge is 0.0590 e. The minimum atomic E-state index is 0.383. The fraction of sp³-hybridized carbons (Fsp3) is 1.00. The summed E-state index contributed by atoms with van der Waals surface area (Å²) in [5.74, 6) is 0. The summed E-state index contributed by atoms with van der Waals surface area (Å²) in [7, 11) is 0. The van der Waals surface area contributed by atoms with Gasteiger partial charge in [0.05, 0.1) is 12.2 Å². The van der Waals surface area contributed by atoms with Crippen molar-refractivity contribution in [3.63, 3.8) is 0 Å². The van der Waals surface area contributed by atoms with Crippen LogP contribution in [0.2, 0.25) is 0 Å². The molecule has 0 aromatic rings. The standard InChI is InChI=1S/C12H23NO2/c13-10-5-6-12(9-10)15-8-2-4-11-3-1-7-14-11/h10-12H,1-9,13H2. The van der Waals surface area contributed by atoms with E-state index < -0.39 is 0 Å². The van der Waals surface area contributed by atoms with E-state index in [4.69, 9.17) is 15.2 Å². The molecule has 3 atom stereocenters. The predicted molar refractivity (Wildman–Crippen MR) is 59.8 cm³/mol. The van der Waals surface area contributed by atoms with Crippen LogP contribution in [-0.4, -0.2) is 31.5 Å². The van der Waals surface area contributed by atoms with Crippen LogP contribution in [-0.2, 0) is 9.47 Å². The van der Waals surface area contributed by atoms with Gasteiger partial charge in [0.1, 0.15) is 0 Å². The Morgan fingerprint density at radius 3 is 2.87 bits per heavy atom. The molecular formula is C12H23NO2. The molecule has 88 valence electrons. The number of rotatable bonds is 5. The van der Waals surface area contributed by atoms with Crippen LogP contribution >= 0.6 is 0 Å². The molecule has 0 aromatic carbocycles. The molecule has 0 radical (unpaired) electrons. The highest BCUT2D eigenvalue weighted by Crippen LogP contribution is 2.21. The van der Waals surface area contributed by atoms with Gasteiger partial charge in [-0.3, -0.25) is 0 Å². The molecule has 2 aliphatic rings. The van der Waals surface area contributed by atoms with Gasteiger partial charge in [0.2, 0.25) is 0 Å². The second-order valence-electron chi connectivity index (χ2n) is 4.84. The van der Waals surface area contributed by atoms with Crippen LogP contribution in [0.25, 0.3) is 0 Å². The first kappa shape index (κ1) is 11.4. The maximum atomic E-state index is 5.83. The van der Waals surface area contributed by atoms with Gasteiger partial charge in [0.25, 0.3) is 0 Å². The lowest BCUT2D eigenvalue weighted by molar-refractivity contribution is 0.0420. The summed E-state index contributed by atoms with van der Waals surface area (Å²) in [4.78, 5) is 0. The van der Waals surface area contributed by atoms with E-state index in [1.807, 2.05) is 0 Å². The molecular weight excluding hydrogens is 190 g/mol. The Kier molecular flexibility index (Phi) is 4.42. The quantitative estimate of drug-likeness (QED) is 0.709. The van der Waals surface area contributed by atoms with Crippen LogP contribution in [0.4, 0.5) is 0 Å². The van der Waals surface area contributed by atoms with E-state index in [1.165, 1.54) is 19.3 Å². The van der Waals surface area contributed by atoms with Gasteiger partial charge in [0.15, 0.2) is 0 Å². The summed E-state index contributed by atoms with van der Waals surface area (Å²) >= 11 is 0. The van der Waals surface area contributed by atoms with Gasteiger partial charge in [-0.15, -0.1) is 0 Å². The van der Waals surface area contributed by atoms with E-state index in [0.717, 1.165) is 38.9 Å². The Hall–Kier alpha value is -0.120. The molecule has 1 saturated carbocycles. The predicted octanol–water partition coefficient (Wildman–Crippen LogP) is 1.84. The molecule has 3 heteroatoms. The van der Waals surface area contributed by atoms with Crippen LogP contribution in [0.1, 0.15) is 44.9 Å². The lowest BCUT2D eigenvalue weighted by Gasteiger charge is -2.13. The van der Waals surface area contributed by atoms with E-state index in [1.54, 1.807) is 0 Å². The average Bonchev–Trinajstić information content (AvgIpc) is 2.84. The van der Waals surface area contributed by atoms with Crippen LogP contribution in [0.15, 0.2) is 0 Å². The van der Waals surface area contributed by atoms with Crippen molar-refractivity contribution in [1.29, 1.82) is 0 Å². The van der Waals surface area contributed by atoms with Crippen LogP contribution < -0.4 is 5.73 Å². The Morgan fingerprint density at radius 1 is 1.27 bits per heavy atom. The highest BCUT2D eigenvalue weighted by molar-refractivity contribution is 4.78. The van der Waals surface area contributed by atoms with Crippen molar-refractivity contribution >= 4 is 0 Å². The minimum absolute atomic E-state index is 0.383. The molecule has 15 heavy (non-hydrogen) atoms. The van der Waals surface area contributed by atoms with E-state index >= 15 is 0 Å². The van der Waals surface area contributed by atoms with Gasteiger partial charge >= 0.3 is 0 Å². The molecule has 1 aliphatic carbocycles. The van der Waals surface area contributed by atoms with Crippen LogP contribution in [0.5, 0.6) is 0 Å². The van der Waals surface area contributed by atoms with Gasteiger partial charge < -0.3 is 15.2 Å². The molecule has 3 nitrogen and oxygen atoms in total. The molecule has 3 unspecified atom stereocenters. The zero-order chi connectivity index (χ0) is 10.5. The van der Waals surface area contributed by atoms with Crippen LogP contribution in [0, 0.1) is 0 Å². The minimum Gasteiger partial charge on any atom is -0.378 e. The second kappa shape index (κ2) is 5.83. The highest BCUT2D eigenvalue weighted by atomic mass is 16.5. The summed E-state index contributed by atoms with van der Waals surface area (Å²) in [6, 6.07) is 0.383. The van der Waals surface area contributed by atoms with Crippen molar-refractivity contribution < 1.29 is 9.47 Å². The summed E-state index contributed by atoms with van der Waals surface area (Å²) < 4.78 is 11.4. The number of hydrogen-bond donors (Lipinski definition) is 1. The summed E-state index contributed by atoms with van der Waals surface area (Å²) in [5.41, 5.74) is 5.83. The third-order valence-electron chi connectivity index (χ3n) is 3.47. The normalized spacial score (nSPS) is 36.2. The summed E-state index contributed by atoms with van der Waals surface area (Å²) in [6.07, 6.45) is 9.08. The molecule has 1 aliphatic heterocycles. The van der Waals surface area contributed by atoms with Gasteiger partial charge in [0, 0.05) is 19.3 Å². The molecule has 1 heterocycles. The van der Waals surface area contributed by atoms with Gasteiger partial charge in [-0.1, -0.05) is 0 Å². The third-order valence-corrected chi connectivity index (χ3v) is 3.47. The lowest BCUT2D eigenvalue weighted by atomic mass is 10.1. The summed E-state index contributed by atoms with van der Waals surface area (Å²) in [6.45, 7) is 1.85. The lowest BCUT2D eigenvalue weighted by Crippen LogP contribution is -2.18. The largest absolute Gasteiger partial charge is 0.378 e. The fourth-order valence-corrected chi connectivity index (χ4v) is 2.56. The molecule has 0 bridgehead atoms. The van der Waals surface area contributed by atoms with Crippen molar-refractivity contribution in [2.75, 3.05) is 13.2 Å². The van der Waals surface area contributed by atoms with Gasteiger partial charge in [-0.2, -0.15) is 0 Å². The first-order valence-corrected chi connectivity index (χ1v) is 6.33. The van der Waals surface area contributed by atoms with Crippen molar-refractivity contribution in [2.24, 2.45) is 5.73 Å². The molecule has 2 N–H and O–H groups in total. The summed E-state index contributed by atoms with van der Waals surface area (Å²) in [5, 5.41) is 0. The molecule has 2 rings (SSSR count).